The standard InChI is InChI=1S/C21H21N3O/c25-21(23-16-8-2-1-3-9-16)18-13-20(15-7-6-12-22-14-15)24-19-11-5-4-10-17(18)19/h4-7,10-14,16H,1-3,8-9H2,(H,23,25). The number of hydrogen-bond donors (Lipinski definition) is 1. The molecule has 0 spiro atoms. The van der Waals surface area contributed by atoms with E-state index in [9.17, 15) is 4.79 Å². The van der Waals surface area contributed by atoms with Crippen LogP contribution in [0.1, 0.15) is 42.5 Å². The summed E-state index contributed by atoms with van der Waals surface area (Å²) >= 11 is 0. The Bertz CT molecular complexity index is 886. The van der Waals surface area contributed by atoms with Gasteiger partial charge in [-0.05, 0) is 37.1 Å². The van der Waals surface area contributed by atoms with Crippen molar-refractivity contribution in [1.29, 1.82) is 0 Å². The van der Waals surface area contributed by atoms with Gasteiger partial charge in [-0.1, -0.05) is 37.5 Å². The maximum atomic E-state index is 13.0. The molecule has 0 atom stereocenters. The van der Waals surface area contributed by atoms with Crippen LogP contribution in [0.4, 0.5) is 0 Å². The molecule has 2 aromatic heterocycles. The van der Waals surface area contributed by atoms with Crippen molar-refractivity contribution in [2.24, 2.45) is 0 Å². The molecule has 0 bridgehead atoms. The van der Waals surface area contributed by atoms with Gasteiger partial charge in [0.1, 0.15) is 0 Å². The summed E-state index contributed by atoms with van der Waals surface area (Å²) < 4.78 is 0. The Morgan fingerprint density at radius 1 is 1.04 bits per heavy atom. The number of nitrogens with one attached hydrogen (secondary N) is 1. The van der Waals surface area contributed by atoms with Crippen LogP contribution in [0.25, 0.3) is 22.2 Å². The van der Waals surface area contributed by atoms with Crippen LogP contribution in [0, 0.1) is 0 Å². The van der Waals surface area contributed by atoms with Gasteiger partial charge in [0.15, 0.2) is 0 Å². The molecular weight excluding hydrogens is 310 g/mol. The molecule has 126 valence electrons. The van der Waals surface area contributed by atoms with E-state index in [0.29, 0.717) is 5.56 Å². The first-order valence-electron chi connectivity index (χ1n) is 8.92. The molecule has 25 heavy (non-hydrogen) atoms. The minimum absolute atomic E-state index is 0.00404. The first-order chi connectivity index (χ1) is 12.3. The highest BCUT2D eigenvalue weighted by Gasteiger charge is 2.19. The molecule has 4 heteroatoms. The summed E-state index contributed by atoms with van der Waals surface area (Å²) in [6.45, 7) is 0. The van der Waals surface area contributed by atoms with Gasteiger partial charge < -0.3 is 5.32 Å². The number of fused-ring (bicyclic) bond motifs is 1. The lowest BCUT2D eigenvalue weighted by Gasteiger charge is -2.23. The van der Waals surface area contributed by atoms with E-state index in [1.807, 2.05) is 42.5 Å². The predicted octanol–water partition coefficient (Wildman–Crippen LogP) is 4.36. The lowest BCUT2D eigenvalue weighted by Crippen LogP contribution is -2.36. The number of benzene rings is 1. The Hall–Kier alpha value is -2.75. The van der Waals surface area contributed by atoms with E-state index >= 15 is 0 Å². The van der Waals surface area contributed by atoms with Crippen LogP contribution in [0.2, 0.25) is 0 Å². The van der Waals surface area contributed by atoms with Crippen molar-refractivity contribution >= 4 is 16.8 Å². The Morgan fingerprint density at radius 3 is 2.68 bits per heavy atom. The van der Waals surface area contributed by atoms with Crippen molar-refractivity contribution in [3.8, 4) is 11.3 Å². The average Bonchev–Trinajstić information content (AvgIpc) is 2.68. The largest absolute Gasteiger partial charge is 0.349 e. The number of hydrogen-bond acceptors (Lipinski definition) is 3. The number of pyridine rings is 2. The third-order valence-electron chi connectivity index (χ3n) is 4.86. The fraction of sp³-hybridized carbons (Fsp3) is 0.286. The number of carbonyl (C=O) groups is 1. The van der Waals surface area contributed by atoms with Crippen molar-refractivity contribution in [1.82, 2.24) is 15.3 Å². The maximum absolute atomic E-state index is 13.0. The molecule has 4 nitrogen and oxygen atoms in total. The number of nitrogens with zero attached hydrogens (tertiary/aromatic N) is 2. The zero-order valence-corrected chi connectivity index (χ0v) is 14.1. The molecule has 1 fully saturated rings. The van der Waals surface area contributed by atoms with E-state index in [1.165, 1.54) is 19.3 Å². The van der Waals surface area contributed by atoms with Gasteiger partial charge in [-0.3, -0.25) is 9.78 Å². The molecule has 4 rings (SSSR count). The zero-order chi connectivity index (χ0) is 17.1. The maximum Gasteiger partial charge on any atom is 0.252 e. The molecular formula is C21H21N3O. The third kappa shape index (κ3) is 3.38. The van der Waals surface area contributed by atoms with Gasteiger partial charge in [-0.15, -0.1) is 0 Å². The van der Waals surface area contributed by atoms with Crippen molar-refractivity contribution in [3.63, 3.8) is 0 Å². The first kappa shape index (κ1) is 15.8. The summed E-state index contributed by atoms with van der Waals surface area (Å²) in [6, 6.07) is 13.8. The van der Waals surface area contributed by atoms with E-state index in [1.54, 1.807) is 12.4 Å². The van der Waals surface area contributed by atoms with E-state index in [4.69, 9.17) is 4.98 Å². The summed E-state index contributed by atoms with van der Waals surface area (Å²) in [5.41, 5.74) is 3.22. The predicted molar refractivity (Wildman–Crippen MR) is 99.3 cm³/mol. The van der Waals surface area contributed by atoms with Gasteiger partial charge >= 0.3 is 0 Å². The van der Waals surface area contributed by atoms with Gasteiger partial charge in [0.05, 0.1) is 16.8 Å². The molecule has 0 saturated heterocycles. The minimum Gasteiger partial charge on any atom is -0.349 e. The Morgan fingerprint density at radius 2 is 1.88 bits per heavy atom. The molecule has 0 unspecified atom stereocenters. The van der Waals surface area contributed by atoms with Crippen LogP contribution in [0.3, 0.4) is 0 Å². The highest BCUT2D eigenvalue weighted by Crippen LogP contribution is 2.25. The molecule has 3 aromatic rings. The Labute approximate surface area is 147 Å². The van der Waals surface area contributed by atoms with Gasteiger partial charge in [0, 0.05) is 29.4 Å². The molecule has 0 radical (unpaired) electrons. The lowest BCUT2D eigenvalue weighted by molar-refractivity contribution is 0.0929. The summed E-state index contributed by atoms with van der Waals surface area (Å²) in [4.78, 5) is 21.8. The molecule has 1 N–H and O–H groups in total. The molecule has 1 aromatic carbocycles. The second-order valence-corrected chi connectivity index (χ2v) is 6.62. The fourth-order valence-electron chi connectivity index (χ4n) is 3.54. The van der Waals surface area contributed by atoms with Crippen molar-refractivity contribution in [3.05, 3.63) is 60.4 Å². The summed E-state index contributed by atoms with van der Waals surface area (Å²) in [5, 5.41) is 4.12. The van der Waals surface area contributed by atoms with Gasteiger partial charge in [0.25, 0.3) is 5.91 Å². The van der Waals surface area contributed by atoms with Crippen LogP contribution in [0.5, 0.6) is 0 Å². The second-order valence-electron chi connectivity index (χ2n) is 6.62. The topological polar surface area (TPSA) is 54.9 Å². The first-order valence-corrected chi connectivity index (χ1v) is 8.92. The average molecular weight is 331 g/mol. The van der Waals surface area contributed by atoms with Crippen molar-refractivity contribution in [2.75, 3.05) is 0 Å². The SMILES string of the molecule is O=C(NC1CCCCC1)c1cc(-c2cccnc2)nc2ccccc12. The molecule has 1 saturated carbocycles. The quantitative estimate of drug-likeness (QED) is 0.776. The van der Waals surface area contributed by atoms with E-state index in [0.717, 1.165) is 35.0 Å². The molecule has 1 amide bonds. The van der Waals surface area contributed by atoms with E-state index in [2.05, 4.69) is 10.3 Å². The second kappa shape index (κ2) is 7.01. The summed E-state index contributed by atoms with van der Waals surface area (Å²) in [7, 11) is 0. The van der Waals surface area contributed by atoms with Crippen LogP contribution < -0.4 is 5.32 Å². The van der Waals surface area contributed by atoms with Crippen LogP contribution in [-0.2, 0) is 0 Å². The van der Waals surface area contributed by atoms with E-state index in [-0.39, 0.29) is 11.9 Å². The molecule has 1 aliphatic rings. The number of carbonyl (C=O) groups excluding carboxylic acids is 1. The number of rotatable bonds is 3. The third-order valence-corrected chi connectivity index (χ3v) is 4.86. The van der Waals surface area contributed by atoms with E-state index < -0.39 is 0 Å². The summed E-state index contributed by atoms with van der Waals surface area (Å²) in [6.07, 6.45) is 9.33. The van der Waals surface area contributed by atoms with Crippen LogP contribution in [0.15, 0.2) is 54.9 Å². The minimum atomic E-state index is -0.00404. The van der Waals surface area contributed by atoms with Crippen LogP contribution in [-0.4, -0.2) is 21.9 Å². The van der Waals surface area contributed by atoms with Crippen molar-refractivity contribution < 1.29 is 4.79 Å². The molecule has 0 aliphatic heterocycles. The number of para-hydroxylation sites is 1. The van der Waals surface area contributed by atoms with Crippen LogP contribution >= 0.6 is 0 Å². The highest BCUT2D eigenvalue weighted by atomic mass is 16.1. The monoisotopic (exact) mass is 331 g/mol. The van der Waals surface area contributed by atoms with Gasteiger partial charge in [0.2, 0.25) is 0 Å². The number of aromatic nitrogens is 2. The van der Waals surface area contributed by atoms with Gasteiger partial charge in [-0.2, -0.15) is 0 Å². The molecule has 1 aliphatic carbocycles. The number of amides is 1. The van der Waals surface area contributed by atoms with Crippen molar-refractivity contribution in [2.45, 2.75) is 38.1 Å². The normalized spacial score (nSPS) is 15.2. The Kier molecular flexibility index (Phi) is 4.42. The zero-order valence-electron chi connectivity index (χ0n) is 14.1. The molecule has 2 heterocycles. The van der Waals surface area contributed by atoms with Gasteiger partial charge in [-0.25, -0.2) is 4.98 Å². The summed E-state index contributed by atoms with van der Waals surface area (Å²) in [5.74, 6) is -0.00404. The smallest absolute Gasteiger partial charge is 0.252 e. The lowest BCUT2D eigenvalue weighted by atomic mass is 9.95. The Balaban J connectivity index is 1.74. The fourth-order valence-corrected chi connectivity index (χ4v) is 3.54. The highest BCUT2D eigenvalue weighted by molar-refractivity contribution is 6.07.